The van der Waals surface area contributed by atoms with Crippen molar-refractivity contribution in [2.45, 2.75) is 6.10 Å². The Morgan fingerprint density at radius 2 is 1.44 bits per heavy atom. The quantitative estimate of drug-likeness (QED) is 0.547. The average molecular weight is 342 g/mol. The van der Waals surface area contributed by atoms with Crippen LogP contribution in [0.25, 0.3) is 0 Å². The number of carboxylic acids is 1. The molecule has 7 heteroatoms. The van der Waals surface area contributed by atoms with Crippen LogP contribution in [0.1, 0.15) is 20.7 Å². The van der Waals surface area contributed by atoms with E-state index in [1.165, 1.54) is 24.3 Å². The zero-order chi connectivity index (χ0) is 18.2. The van der Waals surface area contributed by atoms with Gasteiger partial charge in [-0.25, -0.2) is 4.79 Å². The molecule has 0 spiro atoms. The van der Waals surface area contributed by atoms with Gasteiger partial charge in [0, 0.05) is 0 Å². The Morgan fingerprint density at radius 1 is 0.920 bits per heavy atom. The fraction of sp³-hybridized carbons (Fsp3) is 0.111. The standard InChI is InChI=1S/C18H14O7/c19-9-12-5-1-3-7-15(12)24-11-14(21)17(18(22)23)25-16-8-4-2-6-13(16)10-20/h1-10,17H,11H2,(H,22,23). The maximum atomic E-state index is 12.2. The van der Waals surface area contributed by atoms with Gasteiger partial charge < -0.3 is 14.6 Å². The number of carbonyl (C=O) groups is 4. The average Bonchev–Trinajstić information content (AvgIpc) is 2.64. The molecule has 0 amide bonds. The van der Waals surface area contributed by atoms with Gasteiger partial charge in [0.25, 0.3) is 6.10 Å². The Bertz CT molecular complexity index is 798. The van der Waals surface area contributed by atoms with Crippen molar-refractivity contribution >= 4 is 24.3 Å². The van der Waals surface area contributed by atoms with Crippen LogP contribution in [0.15, 0.2) is 48.5 Å². The molecule has 1 unspecified atom stereocenters. The second-order valence-electron chi connectivity index (χ2n) is 4.90. The van der Waals surface area contributed by atoms with Gasteiger partial charge in [-0.1, -0.05) is 24.3 Å². The summed E-state index contributed by atoms with van der Waals surface area (Å²) in [6.07, 6.45) is -0.787. The van der Waals surface area contributed by atoms with E-state index in [4.69, 9.17) is 9.47 Å². The lowest BCUT2D eigenvalue weighted by Crippen LogP contribution is -2.39. The fourth-order valence-corrected chi connectivity index (χ4v) is 2.00. The number of ketones is 1. The van der Waals surface area contributed by atoms with Crippen LogP contribution >= 0.6 is 0 Å². The largest absolute Gasteiger partial charge is 0.485 e. The third kappa shape index (κ3) is 4.51. The lowest BCUT2D eigenvalue weighted by Gasteiger charge is -2.16. The van der Waals surface area contributed by atoms with Gasteiger partial charge in [-0.2, -0.15) is 0 Å². The van der Waals surface area contributed by atoms with Crippen molar-refractivity contribution < 1.29 is 33.8 Å². The number of aldehydes is 2. The summed E-state index contributed by atoms with van der Waals surface area (Å²) >= 11 is 0. The van der Waals surface area contributed by atoms with Crippen LogP contribution in [0, 0.1) is 0 Å². The van der Waals surface area contributed by atoms with Crippen LogP contribution in [0.2, 0.25) is 0 Å². The summed E-state index contributed by atoms with van der Waals surface area (Å²) in [6, 6.07) is 12.2. The molecule has 0 saturated carbocycles. The maximum Gasteiger partial charge on any atom is 0.352 e. The molecular formula is C18H14O7. The molecule has 1 atom stereocenters. The highest BCUT2D eigenvalue weighted by Crippen LogP contribution is 2.19. The Balaban J connectivity index is 2.11. The summed E-state index contributed by atoms with van der Waals surface area (Å²) in [7, 11) is 0. The molecule has 0 aliphatic rings. The summed E-state index contributed by atoms with van der Waals surface area (Å²) in [5.74, 6) is -2.25. The summed E-state index contributed by atoms with van der Waals surface area (Å²) < 4.78 is 10.4. The van der Waals surface area contributed by atoms with Crippen molar-refractivity contribution in [3.05, 3.63) is 59.7 Å². The van der Waals surface area contributed by atoms with Crippen LogP contribution < -0.4 is 9.47 Å². The maximum absolute atomic E-state index is 12.2. The Morgan fingerprint density at radius 3 is 2.00 bits per heavy atom. The molecule has 2 aromatic carbocycles. The van der Waals surface area contributed by atoms with Gasteiger partial charge in [0.2, 0.25) is 5.78 Å². The van der Waals surface area contributed by atoms with Gasteiger partial charge in [0.1, 0.15) is 11.5 Å². The van der Waals surface area contributed by atoms with E-state index in [-0.39, 0.29) is 22.6 Å². The minimum atomic E-state index is -1.84. The predicted molar refractivity (Wildman–Crippen MR) is 86.2 cm³/mol. The van der Waals surface area contributed by atoms with Crippen LogP contribution in [0.4, 0.5) is 0 Å². The SMILES string of the molecule is O=Cc1ccccc1OCC(=O)C(Oc1ccccc1C=O)C(=O)O. The molecule has 0 saturated heterocycles. The zero-order valence-electron chi connectivity index (χ0n) is 13.0. The lowest BCUT2D eigenvalue weighted by molar-refractivity contribution is -0.151. The molecule has 25 heavy (non-hydrogen) atoms. The van der Waals surface area contributed by atoms with Crippen molar-refractivity contribution in [2.24, 2.45) is 0 Å². The Labute approximate surface area is 142 Å². The van der Waals surface area contributed by atoms with E-state index in [0.717, 1.165) is 0 Å². The van der Waals surface area contributed by atoms with Gasteiger partial charge in [0.15, 0.2) is 19.2 Å². The number of aliphatic carboxylic acids is 1. The molecule has 0 heterocycles. The van der Waals surface area contributed by atoms with Crippen LogP contribution in [0.5, 0.6) is 11.5 Å². The van der Waals surface area contributed by atoms with Crippen molar-refractivity contribution in [3.63, 3.8) is 0 Å². The van der Waals surface area contributed by atoms with Crippen molar-refractivity contribution in [3.8, 4) is 11.5 Å². The van der Waals surface area contributed by atoms with Crippen molar-refractivity contribution in [2.75, 3.05) is 6.61 Å². The van der Waals surface area contributed by atoms with E-state index in [0.29, 0.717) is 12.6 Å². The number of carbonyl (C=O) groups excluding carboxylic acids is 3. The second kappa shape index (κ2) is 8.39. The molecule has 7 nitrogen and oxygen atoms in total. The molecular weight excluding hydrogens is 328 g/mol. The first-order valence-electron chi connectivity index (χ1n) is 7.20. The highest BCUT2D eigenvalue weighted by atomic mass is 16.5. The first kappa shape index (κ1) is 17.9. The molecule has 1 N–H and O–H groups in total. The summed E-state index contributed by atoms with van der Waals surface area (Å²) in [6.45, 7) is -0.606. The van der Waals surface area contributed by atoms with Gasteiger partial charge >= 0.3 is 5.97 Å². The lowest BCUT2D eigenvalue weighted by atomic mass is 10.2. The van der Waals surface area contributed by atoms with E-state index < -0.39 is 24.5 Å². The number of hydrogen-bond acceptors (Lipinski definition) is 6. The van der Waals surface area contributed by atoms with E-state index in [2.05, 4.69) is 0 Å². The number of benzene rings is 2. The molecule has 0 bridgehead atoms. The van der Waals surface area contributed by atoms with E-state index in [1.54, 1.807) is 24.3 Å². The number of rotatable bonds is 9. The van der Waals surface area contributed by atoms with E-state index >= 15 is 0 Å². The van der Waals surface area contributed by atoms with E-state index in [9.17, 15) is 24.3 Å². The first-order chi connectivity index (χ1) is 12.1. The number of hydrogen-bond donors (Lipinski definition) is 1. The minimum Gasteiger partial charge on any atom is -0.485 e. The summed E-state index contributed by atoms with van der Waals surface area (Å²) in [4.78, 5) is 45.4. The number of ether oxygens (including phenoxy) is 2. The minimum absolute atomic E-state index is 0.0217. The first-order valence-corrected chi connectivity index (χ1v) is 7.20. The van der Waals surface area contributed by atoms with Crippen LogP contribution in [-0.4, -0.2) is 42.1 Å². The normalized spacial score (nSPS) is 11.2. The molecule has 2 aromatic rings. The fourth-order valence-electron chi connectivity index (χ4n) is 2.00. The highest BCUT2D eigenvalue weighted by molar-refractivity contribution is 6.02. The van der Waals surface area contributed by atoms with Gasteiger partial charge in [-0.15, -0.1) is 0 Å². The molecule has 0 aliphatic heterocycles. The van der Waals surface area contributed by atoms with Gasteiger partial charge in [-0.3, -0.25) is 14.4 Å². The monoisotopic (exact) mass is 342 g/mol. The summed E-state index contributed by atoms with van der Waals surface area (Å²) in [5, 5.41) is 9.22. The van der Waals surface area contributed by atoms with Crippen LogP contribution in [-0.2, 0) is 9.59 Å². The smallest absolute Gasteiger partial charge is 0.352 e. The summed E-state index contributed by atoms with van der Waals surface area (Å²) in [5.41, 5.74) is 0.350. The predicted octanol–water partition coefficient (Wildman–Crippen LogP) is 1.79. The van der Waals surface area contributed by atoms with Crippen molar-refractivity contribution in [1.29, 1.82) is 0 Å². The van der Waals surface area contributed by atoms with Crippen LogP contribution in [0.3, 0.4) is 0 Å². The molecule has 0 aromatic heterocycles. The zero-order valence-corrected chi connectivity index (χ0v) is 13.0. The number of para-hydroxylation sites is 2. The Hall–Kier alpha value is -3.48. The molecule has 128 valence electrons. The highest BCUT2D eigenvalue weighted by Gasteiger charge is 2.29. The van der Waals surface area contributed by atoms with Crippen molar-refractivity contribution in [1.82, 2.24) is 0 Å². The molecule has 2 rings (SSSR count). The third-order valence-corrected chi connectivity index (χ3v) is 3.22. The molecule has 0 fully saturated rings. The van der Waals surface area contributed by atoms with E-state index in [1.807, 2.05) is 0 Å². The number of Topliss-reactive ketones (excluding diaryl/α,β-unsaturated/α-hetero) is 1. The third-order valence-electron chi connectivity index (χ3n) is 3.22. The Kier molecular flexibility index (Phi) is 6.00. The molecule has 0 radical (unpaired) electrons. The molecule has 0 aliphatic carbocycles. The topological polar surface area (TPSA) is 107 Å². The van der Waals surface area contributed by atoms with Gasteiger partial charge in [0.05, 0.1) is 11.1 Å². The number of carboxylic acid groups (broad SMARTS) is 1. The van der Waals surface area contributed by atoms with Gasteiger partial charge in [-0.05, 0) is 24.3 Å². The second-order valence-corrected chi connectivity index (χ2v) is 4.90.